The van der Waals surface area contributed by atoms with Crippen LogP contribution in [0.2, 0.25) is 0 Å². The molecule has 1 aromatic carbocycles. The molecule has 0 radical (unpaired) electrons. The van der Waals surface area contributed by atoms with Crippen molar-refractivity contribution in [1.82, 2.24) is 9.78 Å². The molecular weight excluding hydrogens is 332 g/mol. The van der Waals surface area contributed by atoms with Crippen molar-refractivity contribution in [3.05, 3.63) is 52.4 Å². The fourth-order valence-corrected chi connectivity index (χ4v) is 2.69. The Labute approximate surface area is 153 Å². The zero-order valence-corrected chi connectivity index (χ0v) is 15.7. The lowest BCUT2D eigenvalue weighted by molar-refractivity contribution is 0.101. The molecule has 0 spiro atoms. The lowest BCUT2D eigenvalue weighted by Crippen LogP contribution is -2.30. The first-order chi connectivity index (χ1) is 12.5. The molecule has 140 valence electrons. The van der Waals surface area contributed by atoms with E-state index in [-0.39, 0.29) is 17.2 Å². The van der Waals surface area contributed by atoms with Crippen LogP contribution in [-0.2, 0) is 11.3 Å². The van der Waals surface area contributed by atoms with E-state index in [1.807, 2.05) is 24.3 Å². The number of carbonyl (C=O) groups excluding carboxylic acids is 1. The summed E-state index contributed by atoms with van der Waals surface area (Å²) in [5, 5.41) is 6.90. The van der Waals surface area contributed by atoms with E-state index in [1.165, 1.54) is 16.8 Å². The molecule has 1 aromatic heterocycles. The summed E-state index contributed by atoms with van der Waals surface area (Å²) < 4.78 is 6.17. The summed E-state index contributed by atoms with van der Waals surface area (Å²) in [5.74, 6) is -0.361. The van der Waals surface area contributed by atoms with Gasteiger partial charge in [0.05, 0.1) is 13.2 Å². The highest BCUT2D eigenvalue weighted by Gasteiger charge is 2.12. The monoisotopic (exact) mass is 358 g/mol. The van der Waals surface area contributed by atoms with Crippen LogP contribution in [0, 0.1) is 0 Å². The van der Waals surface area contributed by atoms with E-state index in [1.54, 1.807) is 7.11 Å². The first kappa shape index (κ1) is 19.7. The van der Waals surface area contributed by atoms with Gasteiger partial charge >= 0.3 is 0 Å². The molecule has 0 aliphatic rings. The Hall–Kier alpha value is -2.67. The second-order valence-corrected chi connectivity index (χ2v) is 6.15. The maximum absolute atomic E-state index is 12.4. The van der Waals surface area contributed by atoms with Crippen LogP contribution in [0.25, 0.3) is 0 Å². The first-order valence-electron chi connectivity index (χ1n) is 8.71. The van der Waals surface area contributed by atoms with Crippen molar-refractivity contribution in [2.24, 2.45) is 0 Å². The van der Waals surface area contributed by atoms with E-state index in [2.05, 4.69) is 36.1 Å². The molecule has 0 saturated heterocycles. The molecule has 0 unspecified atom stereocenters. The van der Waals surface area contributed by atoms with Crippen LogP contribution in [0.1, 0.15) is 31.3 Å². The van der Waals surface area contributed by atoms with Gasteiger partial charge in [0.1, 0.15) is 5.69 Å². The molecule has 2 rings (SSSR count). The first-order valence-corrected chi connectivity index (χ1v) is 8.71. The number of hydrogen-bond donors (Lipinski definition) is 1. The van der Waals surface area contributed by atoms with Gasteiger partial charge in [0.25, 0.3) is 11.5 Å². The Morgan fingerprint density at radius 1 is 1.23 bits per heavy atom. The fraction of sp³-hybridized carbons (Fsp3) is 0.421. The minimum atomic E-state index is -0.361. The normalized spacial score (nSPS) is 10.8. The molecule has 0 atom stereocenters. The predicted molar refractivity (Wildman–Crippen MR) is 103 cm³/mol. The molecule has 7 nitrogen and oxygen atoms in total. The maximum atomic E-state index is 12.4. The van der Waals surface area contributed by atoms with Crippen molar-refractivity contribution in [2.75, 3.05) is 30.5 Å². The van der Waals surface area contributed by atoms with E-state index in [9.17, 15) is 9.59 Å². The molecule has 0 fully saturated rings. The smallest absolute Gasteiger partial charge is 0.276 e. The summed E-state index contributed by atoms with van der Waals surface area (Å²) in [6.45, 7) is 7.96. The molecule has 26 heavy (non-hydrogen) atoms. The molecule has 7 heteroatoms. The summed E-state index contributed by atoms with van der Waals surface area (Å²) in [6, 6.07) is 10.8. The summed E-state index contributed by atoms with van der Waals surface area (Å²) in [6.07, 6.45) is 0. The Balaban J connectivity index is 2.11. The highest BCUT2D eigenvalue weighted by Crippen LogP contribution is 2.20. The molecule has 0 aliphatic heterocycles. The maximum Gasteiger partial charge on any atom is 0.276 e. The topological polar surface area (TPSA) is 76.5 Å². The minimum absolute atomic E-state index is 0.183. The van der Waals surface area contributed by atoms with Crippen LogP contribution in [-0.4, -0.2) is 42.0 Å². The minimum Gasteiger partial charge on any atom is -0.383 e. The van der Waals surface area contributed by atoms with Crippen LogP contribution in [0.5, 0.6) is 0 Å². The van der Waals surface area contributed by atoms with Crippen LogP contribution >= 0.6 is 0 Å². The number of amides is 1. The number of nitrogens with zero attached hydrogens (tertiary/aromatic N) is 3. The van der Waals surface area contributed by atoms with Crippen molar-refractivity contribution in [3.8, 4) is 0 Å². The predicted octanol–water partition coefficient (Wildman–Crippen LogP) is 2.38. The number of hydrogen-bond acceptors (Lipinski definition) is 5. The SMILES string of the molecule is CCN(c1ccc(NC(=O)c2ccc(=O)n(CCOC)n2)cc1)C(C)C. The van der Waals surface area contributed by atoms with E-state index in [4.69, 9.17) is 4.74 Å². The van der Waals surface area contributed by atoms with Gasteiger partial charge < -0.3 is 15.0 Å². The molecule has 1 heterocycles. The second kappa shape index (κ2) is 9.15. The van der Waals surface area contributed by atoms with Crippen LogP contribution in [0.15, 0.2) is 41.2 Å². The van der Waals surface area contributed by atoms with Crippen molar-refractivity contribution < 1.29 is 9.53 Å². The Morgan fingerprint density at radius 3 is 2.50 bits per heavy atom. The summed E-state index contributed by atoms with van der Waals surface area (Å²) in [4.78, 5) is 26.4. The number of rotatable bonds is 8. The molecule has 2 aromatic rings. The van der Waals surface area contributed by atoms with Gasteiger partial charge in [-0.25, -0.2) is 4.68 Å². The number of nitrogens with one attached hydrogen (secondary N) is 1. The number of carbonyl (C=O) groups is 1. The van der Waals surface area contributed by atoms with Crippen LogP contribution in [0.3, 0.4) is 0 Å². The average Bonchev–Trinajstić information content (AvgIpc) is 2.62. The third kappa shape index (κ3) is 4.92. The lowest BCUT2D eigenvalue weighted by atomic mass is 10.2. The highest BCUT2D eigenvalue weighted by atomic mass is 16.5. The summed E-state index contributed by atoms with van der Waals surface area (Å²) in [5.41, 5.74) is 1.69. The van der Waals surface area contributed by atoms with Crippen molar-refractivity contribution >= 4 is 17.3 Å². The summed E-state index contributed by atoms with van der Waals surface area (Å²) >= 11 is 0. The fourth-order valence-electron chi connectivity index (χ4n) is 2.69. The number of ether oxygens (including phenoxy) is 1. The van der Waals surface area contributed by atoms with Crippen molar-refractivity contribution in [3.63, 3.8) is 0 Å². The Bertz CT molecular complexity index is 784. The largest absolute Gasteiger partial charge is 0.383 e. The average molecular weight is 358 g/mol. The van der Waals surface area contributed by atoms with Crippen molar-refractivity contribution in [2.45, 2.75) is 33.4 Å². The molecule has 1 N–H and O–H groups in total. The highest BCUT2D eigenvalue weighted by molar-refractivity contribution is 6.02. The van der Waals surface area contributed by atoms with Gasteiger partial charge in [0.2, 0.25) is 0 Å². The summed E-state index contributed by atoms with van der Waals surface area (Å²) in [7, 11) is 1.55. The number of anilines is 2. The van der Waals surface area contributed by atoms with Gasteiger partial charge in [-0.3, -0.25) is 9.59 Å². The second-order valence-electron chi connectivity index (χ2n) is 6.15. The molecule has 1 amide bonds. The molecule has 0 aliphatic carbocycles. The quantitative estimate of drug-likeness (QED) is 0.784. The van der Waals surface area contributed by atoms with E-state index in [0.717, 1.165) is 12.2 Å². The van der Waals surface area contributed by atoms with Gasteiger partial charge in [-0.2, -0.15) is 5.10 Å². The van der Waals surface area contributed by atoms with Gasteiger partial charge in [-0.1, -0.05) is 0 Å². The Kier molecular flexibility index (Phi) is 6.91. The third-order valence-corrected chi connectivity index (χ3v) is 4.03. The molecule has 0 bridgehead atoms. The molecule has 0 saturated carbocycles. The van der Waals surface area contributed by atoms with Gasteiger partial charge in [-0.15, -0.1) is 0 Å². The number of aromatic nitrogens is 2. The van der Waals surface area contributed by atoms with E-state index < -0.39 is 0 Å². The van der Waals surface area contributed by atoms with Crippen LogP contribution < -0.4 is 15.8 Å². The van der Waals surface area contributed by atoms with E-state index in [0.29, 0.717) is 24.9 Å². The zero-order chi connectivity index (χ0) is 19.1. The standard InChI is InChI=1S/C19H26N4O3/c1-5-22(14(2)3)16-8-6-15(7-9-16)20-19(25)17-10-11-18(24)23(21-17)12-13-26-4/h6-11,14H,5,12-13H2,1-4H3,(H,20,25). The number of benzene rings is 1. The third-order valence-electron chi connectivity index (χ3n) is 4.03. The Morgan fingerprint density at radius 2 is 1.92 bits per heavy atom. The lowest BCUT2D eigenvalue weighted by Gasteiger charge is -2.27. The zero-order valence-electron chi connectivity index (χ0n) is 15.7. The molecular formula is C19H26N4O3. The number of methoxy groups -OCH3 is 1. The van der Waals surface area contributed by atoms with Gasteiger partial charge in [0.15, 0.2) is 0 Å². The van der Waals surface area contributed by atoms with Gasteiger partial charge in [-0.05, 0) is 51.1 Å². The van der Waals surface area contributed by atoms with Gasteiger partial charge in [0, 0.05) is 37.1 Å². The van der Waals surface area contributed by atoms with Crippen LogP contribution in [0.4, 0.5) is 11.4 Å². The van der Waals surface area contributed by atoms with Crippen molar-refractivity contribution in [1.29, 1.82) is 0 Å². The van der Waals surface area contributed by atoms with E-state index >= 15 is 0 Å².